The van der Waals surface area contributed by atoms with Crippen LogP contribution in [0.1, 0.15) is 6.42 Å². The van der Waals surface area contributed by atoms with Gasteiger partial charge in [-0.15, -0.1) is 0 Å². The molecule has 2 rings (SSSR count). The van der Waals surface area contributed by atoms with Gasteiger partial charge in [0, 0.05) is 18.9 Å². The van der Waals surface area contributed by atoms with Gasteiger partial charge >= 0.3 is 0 Å². The molecule has 2 aliphatic heterocycles. The minimum Gasteiger partial charge on any atom is -0.354 e. The molecule has 2 amide bonds. The lowest BCUT2D eigenvalue weighted by molar-refractivity contribution is -0.124. The van der Waals surface area contributed by atoms with E-state index in [0.29, 0.717) is 13.0 Å². The number of carbonyl (C=O) groups is 2. The quantitative estimate of drug-likeness (QED) is 0.435. The van der Waals surface area contributed by atoms with Crippen LogP contribution in [0.2, 0.25) is 0 Å². The van der Waals surface area contributed by atoms with E-state index in [1.54, 1.807) is 0 Å². The van der Waals surface area contributed by atoms with Gasteiger partial charge in [0.2, 0.25) is 11.8 Å². The zero-order valence-corrected chi connectivity index (χ0v) is 5.39. The average molecular weight is 140 g/mol. The van der Waals surface area contributed by atoms with E-state index in [2.05, 4.69) is 10.6 Å². The van der Waals surface area contributed by atoms with Crippen LogP contribution in [0.15, 0.2) is 0 Å². The number of rotatable bonds is 0. The molecule has 2 atom stereocenters. The van der Waals surface area contributed by atoms with Gasteiger partial charge in [-0.25, -0.2) is 0 Å². The van der Waals surface area contributed by atoms with Crippen LogP contribution >= 0.6 is 0 Å². The second-order valence-corrected chi connectivity index (χ2v) is 2.75. The zero-order chi connectivity index (χ0) is 7.14. The first-order valence-corrected chi connectivity index (χ1v) is 3.34. The molecule has 10 heavy (non-hydrogen) atoms. The van der Waals surface area contributed by atoms with E-state index in [-0.39, 0.29) is 23.8 Å². The third-order valence-corrected chi connectivity index (χ3v) is 2.06. The molecule has 2 N–H and O–H groups in total. The van der Waals surface area contributed by atoms with Crippen LogP contribution < -0.4 is 10.6 Å². The van der Waals surface area contributed by atoms with Gasteiger partial charge in [0.25, 0.3) is 0 Å². The molecule has 2 saturated heterocycles. The standard InChI is InChI=1S/C6H8N2O2/c9-4-1-3-2-7-6(10)5(3)8-4/h3,5H,1-2H2,(H,7,10)(H,8,9). The van der Waals surface area contributed by atoms with Crippen molar-refractivity contribution in [2.45, 2.75) is 12.5 Å². The molecule has 0 saturated carbocycles. The molecule has 54 valence electrons. The molecule has 0 aromatic rings. The van der Waals surface area contributed by atoms with E-state index in [1.807, 2.05) is 0 Å². The minimum absolute atomic E-state index is 0.00449. The molecule has 2 heterocycles. The van der Waals surface area contributed by atoms with Gasteiger partial charge in [-0.2, -0.15) is 0 Å². The highest BCUT2D eigenvalue weighted by molar-refractivity contribution is 5.93. The van der Waals surface area contributed by atoms with Gasteiger partial charge in [-0.3, -0.25) is 9.59 Å². The van der Waals surface area contributed by atoms with Crippen molar-refractivity contribution < 1.29 is 9.59 Å². The van der Waals surface area contributed by atoms with Crippen LogP contribution in [0.3, 0.4) is 0 Å². The molecule has 2 aliphatic rings. The maximum absolute atomic E-state index is 10.9. The van der Waals surface area contributed by atoms with Crippen molar-refractivity contribution in [2.24, 2.45) is 5.92 Å². The first-order chi connectivity index (χ1) is 4.77. The Morgan fingerprint density at radius 1 is 1.40 bits per heavy atom. The van der Waals surface area contributed by atoms with Gasteiger partial charge < -0.3 is 10.6 Å². The Labute approximate surface area is 58.0 Å². The number of hydrogen-bond donors (Lipinski definition) is 2. The van der Waals surface area contributed by atoms with Gasteiger partial charge in [0.15, 0.2) is 0 Å². The van der Waals surface area contributed by atoms with E-state index < -0.39 is 0 Å². The van der Waals surface area contributed by atoms with Gasteiger partial charge in [0.05, 0.1) is 0 Å². The number of hydrogen-bond acceptors (Lipinski definition) is 2. The number of amides is 2. The van der Waals surface area contributed by atoms with E-state index in [4.69, 9.17) is 0 Å². The third kappa shape index (κ3) is 0.616. The molecule has 4 nitrogen and oxygen atoms in total. The Bertz CT molecular complexity index is 202. The van der Waals surface area contributed by atoms with Crippen LogP contribution in [0.4, 0.5) is 0 Å². The van der Waals surface area contributed by atoms with Gasteiger partial charge in [-0.1, -0.05) is 0 Å². The summed E-state index contributed by atoms with van der Waals surface area (Å²) >= 11 is 0. The molecule has 0 aliphatic carbocycles. The number of fused-ring (bicyclic) bond motifs is 1. The van der Waals surface area contributed by atoms with Crippen LogP contribution in [0.25, 0.3) is 0 Å². The lowest BCUT2D eigenvalue weighted by Crippen LogP contribution is -2.35. The summed E-state index contributed by atoms with van der Waals surface area (Å²) in [5.74, 6) is 0.181. The number of carbonyl (C=O) groups excluding carboxylic acids is 2. The Morgan fingerprint density at radius 3 is 2.90 bits per heavy atom. The van der Waals surface area contributed by atoms with Crippen molar-refractivity contribution in [3.8, 4) is 0 Å². The molecule has 0 spiro atoms. The van der Waals surface area contributed by atoms with E-state index in [1.165, 1.54) is 0 Å². The van der Waals surface area contributed by atoms with Gasteiger partial charge in [-0.05, 0) is 0 Å². The largest absolute Gasteiger partial charge is 0.354 e. The first kappa shape index (κ1) is 5.70. The maximum Gasteiger partial charge on any atom is 0.242 e. The Hall–Kier alpha value is -1.06. The molecule has 0 aromatic carbocycles. The van der Waals surface area contributed by atoms with Crippen LogP contribution in [-0.4, -0.2) is 24.4 Å². The highest BCUT2D eigenvalue weighted by atomic mass is 16.2. The lowest BCUT2D eigenvalue weighted by atomic mass is 10.1. The predicted molar refractivity (Wildman–Crippen MR) is 33.0 cm³/mol. The summed E-state index contributed by atoms with van der Waals surface area (Å²) in [6.45, 7) is 0.655. The molecule has 4 heteroatoms. The van der Waals surface area contributed by atoms with Crippen molar-refractivity contribution in [3.05, 3.63) is 0 Å². The van der Waals surface area contributed by atoms with E-state index in [0.717, 1.165) is 0 Å². The maximum atomic E-state index is 10.9. The van der Waals surface area contributed by atoms with Crippen molar-refractivity contribution in [1.82, 2.24) is 10.6 Å². The molecular formula is C6H8N2O2. The highest BCUT2D eigenvalue weighted by Crippen LogP contribution is 2.19. The fourth-order valence-corrected chi connectivity index (χ4v) is 1.52. The van der Waals surface area contributed by atoms with E-state index >= 15 is 0 Å². The van der Waals surface area contributed by atoms with E-state index in [9.17, 15) is 9.59 Å². The molecule has 0 aromatic heterocycles. The third-order valence-electron chi connectivity index (χ3n) is 2.06. The topological polar surface area (TPSA) is 58.2 Å². The van der Waals surface area contributed by atoms with Gasteiger partial charge in [0.1, 0.15) is 6.04 Å². The summed E-state index contributed by atoms with van der Waals surface area (Å²) < 4.78 is 0. The SMILES string of the molecule is O=C1CC2CNC(=O)C2N1. The Morgan fingerprint density at radius 2 is 2.20 bits per heavy atom. The second-order valence-electron chi connectivity index (χ2n) is 2.75. The van der Waals surface area contributed by atoms with Crippen LogP contribution in [0.5, 0.6) is 0 Å². The monoisotopic (exact) mass is 140 g/mol. The predicted octanol–water partition coefficient (Wildman–Crippen LogP) is -1.38. The average Bonchev–Trinajstić information content (AvgIpc) is 2.35. The van der Waals surface area contributed by atoms with Crippen molar-refractivity contribution in [1.29, 1.82) is 0 Å². The highest BCUT2D eigenvalue weighted by Gasteiger charge is 2.41. The Kier molecular flexibility index (Phi) is 0.977. The molecule has 0 bridgehead atoms. The molecule has 2 unspecified atom stereocenters. The van der Waals surface area contributed by atoms with Crippen molar-refractivity contribution >= 4 is 11.8 Å². The van der Waals surface area contributed by atoms with Crippen molar-refractivity contribution in [3.63, 3.8) is 0 Å². The summed E-state index contributed by atoms with van der Waals surface area (Å²) in [7, 11) is 0. The molecule has 0 radical (unpaired) electrons. The van der Waals surface area contributed by atoms with Crippen LogP contribution in [-0.2, 0) is 9.59 Å². The Balaban J connectivity index is 2.19. The fourth-order valence-electron chi connectivity index (χ4n) is 1.52. The number of nitrogens with one attached hydrogen (secondary N) is 2. The first-order valence-electron chi connectivity index (χ1n) is 3.34. The zero-order valence-electron chi connectivity index (χ0n) is 5.39. The second kappa shape index (κ2) is 1.71. The van der Waals surface area contributed by atoms with Crippen LogP contribution in [0, 0.1) is 5.92 Å². The van der Waals surface area contributed by atoms with Crippen molar-refractivity contribution in [2.75, 3.05) is 6.54 Å². The summed E-state index contributed by atoms with van der Waals surface area (Å²) in [4.78, 5) is 21.6. The summed E-state index contributed by atoms with van der Waals surface area (Å²) in [5.41, 5.74) is 0. The smallest absolute Gasteiger partial charge is 0.242 e. The fraction of sp³-hybridized carbons (Fsp3) is 0.667. The minimum atomic E-state index is -0.229. The molecule has 2 fully saturated rings. The molecular weight excluding hydrogens is 132 g/mol. The lowest BCUT2D eigenvalue weighted by Gasteiger charge is -2.01. The summed E-state index contributed by atoms with van der Waals surface area (Å²) in [6.07, 6.45) is 0.503. The summed E-state index contributed by atoms with van der Waals surface area (Å²) in [6, 6.07) is -0.229. The normalized spacial score (nSPS) is 37.2. The summed E-state index contributed by atoms with van der Waals surface area (Å²) in [5, 5.41) is 5.30.